The van der Waals surface area contributed by atoms with Crippen LogP contribution >= 0.6 is 0 Å². The molecule has 38 heavy (non-hydrogen) atoms. The molecule has 2 N–H and O–H groups in total. The summed E-state index contributed by atoms with van der Waals surface area (Å²) in [6.07, 6.45) is 5.56. The van der Waals surface area contributed by atoms with Crippen molar-refractivity contribution in [3.8, 4) is 23.1 Å². The van der Waals surface area contributed by atoms with Crippen molar-refractivity contribution < 1.29 is 14.3 Å². The van der Waals surface area contributed by atoms with E-state index >= 15 is 0 Å². The first-order valence-corrected chi connectivity index (χ1v) is 13.1. The van der Waals surface area contributed by atoms with Gasteiger partial charge in [-0.05, 0) is 74.8 Å². The zero-order chi connectivity index (χ0) is 26.1. The van der Waals surface area contributed by atoms with Crippen LogP contribution in [0.3, 0.4) is 0 Å². The Hall–Kier alpha value is -4.39. The zero-order valence-corrected chi connectivity index (χ0v) is 21.2. The first kappa shape index (κ1) is 24.0. The van der Waals surface area contributed by atoms with Gasteiger partial charge in [0.25, 0.3) is 0 Å². The third-order valence-electron chi connectivity index (χ3n) is 7.49. The van der Waals surface area contributed by atoms with E-state index in [4.69, 9.17) is 9.47 Å². The number of nitrogens with zero attached hydrogens (tertiary/aromatic N) is 5. The monoisotopic (exact) mass is 511 g/mol. The molecule has 2 saturated carbocycles. The highest BCUT2D eigenvalue weighted by Gasteiger charge is 2.31. The van der Waals surface area contributed by atoms with E-state index < -0.39 is 6.09 Å². The van der Waals surface area contributed by atoms with Gasteiger partial charge in [-0.1, -0.05) is 17.3 Å². The summed E-state index contributed by atoms with van der Waals surface area (Å²) in [5.41, 5.74) is 4.10. The number of rotatable bonds is 9. The molecule has 2 heterocycles. The molecule has 2 aromatic heterocycles. The summed E-state index contributed by atoms with van der Waals surface area (Å²) in [6, 6.07) is 16.3. The van der Waals surface area contributed by atoms with E-state index in [2.05, 4.69) is 36.6 Å². The third-order valence-corrected chi connectivity index (χ3v) is 7.49. The van der Waals surface area contributed by atoms with Crippen LogP contribution in [-0.2, 0) is 11.2 Å². The topological polar surface area (TPSA) is 131 Å². The highest BCUT2D eigenvalue weighted by molar-refractivity contribution is 5.96. The number of anilines is 1. The normalized spacial score (nSPS) is 16.0. The number of carbonyl (C=O) groups excluding carboxylic acids is 1. The first-order valence-electron chi connectivity index (χ1n) is 13.1. The van der Waals surface area contributed by atoms with Gasteiger partial charge < -0.3 is 14.0 Å². The molecule has 2 aromatic carbocycles. The molecule has 6 rings (SSSR count). The van der Waals surface area contributed by atoms with E-state index in [1.165, 1.54) is 0 Å². The van der Waals surface area contributed by atoms with Gasteiger partial charge in [0, 0.05) is 29.6 Å². The second-order valence-electron chi connectivity index (χ2n) is 10.0. The minimum Gasteiger partial charge on any atom is -0.493 e. The fourth-order valence-corrected chi connectivity index (χ4v) is 5.04. The Morgan fingerprint density at radius 3 is 2.68 bits per heavy atom. The van der Waals surface area contributed by atoms with Gasteiger partial charge >= 0.3 is 6.09 Å². The molecule has 194 valence electrons. The molecule has 2 aliphatic rings. The standard InChI is InChI=1S/C28H29N7O3/c1-17(18-5-6-18)38-28(36)30-20-9-7-19(8-10-20)27-24(16-29)23-12-11-22(37-14-13-26-31-33-34-32-26)15-25(23)35(27)21-3-2-4-21/h7-12,15,17-18,21H,2-6,13-14H2,1H3,(H,30,36)(H,31,32,33,34). The SMILES string of the molecule is CC(OC(=O)Nc1ccc(-c2c(C#N)c3ccc(OCCc4nn[nH]n4)cc3n2C2CCC2)cc1)C1CC1. The number of benzene rings is 2. The summed E-state index contributed by atoms with van der Waals surface area (Å²) in [7, 11) is 0. The van der Waals surface area contributed by atoms with Crippen LogP contribution in [-0.4, -0.2) is 44.0 Å². The maximum Gasteiger partial charge on any atom is 0.411 e. The fourth-order valence-electron chi connectivity index (χ4n) is 5.04. The van der Waals surface area contributed by atoms with Crippen molar-refractivity contribution in [3.05, 3.63) is 53.9 Å². The molecule has 0 radical (unpaired) electrons. The number of aromatic nitrogens is 5. The van der Waals surface area contributed by atoms with Gasteiger partial charge in [-0.3, -0.25) is 5.32 Å². The summed E-state index contributed by atoms with van der Waals surface area (Å²) in [5.74, 6) is 1.81. The molecule has 0 spiro atoms. The Morgan fingerprint density at radius 1 is 1.21 bits per heavy atom. The highest BCUT2D eigenvalue weighted by atomic mass is 16.6. The molecule has 1 unspecified atom stereocenters. The number of aromatic amines is 1. The van der Waals surface area contributed by atoms with Gasteiger partial charge in [-0.15, -0.1) is 10.2 Å². The van der Waals surface area contributed by atoms with Crippen molar-refractivity contribution in [2.45, 2.75) is 57.6 Å². The van der Waals surface area contributed by atoms with Crippen LogP contribution in [0.25, 0.3) is 22.2 Å². The number of carbonyl (C=O) groups is 1. The van der Waals surface area contributed by atoms with Crippen LogP contribution in [0, 0.1) is 17.2 Å². The average Bonchev–Trinajstić information content (AvgIpc) is 3.53. The van der Waals surface area contributed by atoms with E-state index in [-0.39, 0.29) is 6.10 Å². The van der Waals surface area contributed by atoms with Gasteiger partial charge in [0.2, 0.25) is 0 Å². The minimum atomic E-state index is -0.440. The lowest BCUT2D eigenvalue weighted by molar-refractivity contribution is 0.108. The van der Waals surface area contributed by atoms with Crippen LogP contribution in [0.15, 0.2) is 42.5 Å². The number of nitrogens with one attached hydrogen (secondary N) is 2. The molecule has 4 aromatic rings. The number of hydrogen-bond acceptors (Lipinski definition) is 7. The molecule has 1 amide bonds. The van der Waals surface area contributed by atoms with Crippen LogP contribution in [0.2, 0.25) is 0 Å². The van der Waals surface area contributed by atoms with Crippen LogP contribution in [0.5, 0.6) is 5.75 Å². The number of fused-ring (bicyclic) bond motifs is 1. The van der Waals surface area contributed by atoms with Gasteiger partial charge in [-0.25, -0.2) is 4.79 Å². The molecular formula is C28H29N7O3. The number of tetrazole rings is 1. The van der Waals surface area contributed by atoms with E-state index in [0.717, 1.165) is 60.0 Å². The Labute approximate surface area is 219 Å². The Balaban J connectivity index is 1.27. The van der Waals surface area contributed by atoms with E-state index in [1.807, 2.05) is 49.4 Å². The van der Waals surface area contributed by atoms with Crippen molar-refractivity contribution in [2.75, 3.05) is 11.9 Å². The molecule has 10 heteroatoms. The summed E-state index contributed by atoms with van der Waals surface area (Å²) >= 11 is 0. The van der Waals surface area contributed by atoms with E-state index in [0.29, 0.717) is 42.1 Å². The first-order chi connectivity index (χ1) is 18.6. The van der Waals surface area contributed by atoms with Crippen molar-refractivity contribution in [1.29, 1.82) is 5.26 Å². The highest BCUT2D eigenvalue weighted by Crippen LogP contribution is 2.43. The van der Waals surface area contributed by atoms with Gasteiger partial charge in [-0.2, -0.15) is 10.5 Å². The van der Waals surface area contributed by atoms with Crippen molar-refractivity contribution in [1.82, 2.24) is 25.2 Å². The molecule has 10 nitrogen and oxygen atoms in total. The van der Waals surface area contributed by atoms with Crippen LogP contribution in [0.4, 0.5) is 10.5 Å². The maximum atomic E-state index is 12.3. The number of amides is 1. The number of nitriles is 1. The zero-order valence-electron chi connectivity index (χ0n) is 21.2. The number of hydrogen-bond donors (Lipinski definition) is 2. The summed E-state index contributed by atoms with van der Waals surface area (Å²) in [4.78, 5) is 12.3. The number of ether oxygens (including phenoxy) is 2. The fraction of sp³-hybridized carbons (Fsp3) is 0.393. The van der Waals surface area contributed by atoms with Crippen molar-refractivity contribution >= 4 is 22.7 Å². The third kappa shape index (κ3) is 4.79. The summed E-state index contributed by atoms with van der Waals surface area (Å²) < 4.78 is 13.8. The van der Waals surface area contributed by atoms with Crippen LogP contribution in [0.1, 0.15) is 56.5 Å². The maximum absolute atomic E-state index is 12.3. The van der Waals surface area contributed by atoms with Crippen molar-refractivity contribution in [2.24, 2.45) is 5.92 Å². The van der Waals surface area contributed by atoms with E-state index in [1.54, 1.807) is 0 Å². The Morgan fingerprint density at radius 2 is 2.03 bits per heavy atom. The molecular weight excluding hydrogens is 482 g/mol. The van der Waals surface area contributed by atoms with Gasteiger partial charge in [0.15, 0.2) is 5.82 Å². The molecule has 2 fully saturated rings. The number of H-pyrrole nitrogens is 1. The van der Waals surface area contributed by atoms with Gasteiger partial charge in [0.05, 0.1) is 23.4 Å². The Kier molecular flexibility index (Phi) is 6.42. The predicted octanol–water partition coefficient (Wildman–Crippen LogP) is 5.39. The average molecular weight is 512 g/mol. The molecule has 0 aliphatic heterocycles. The quantitative estimate of drug-likeness (QED) is 0.308. The molecule has 2 aliphatic carbocycles. The predicted molar refractivity (Wildman–Crippen MR) is 141 cm³/mol. The summed E-state index contributed by atoms with van der Waals surface area (Å²) in [6.45, 7) is 2.36. The lowest BCUT2D eigenvalue weighted by Gasteiger charge is -2.30. The van der Waals surface area contributed by atoms with Crippen LogP contribution < -0.4 is 10.1 Å². The largest absolute Gasteiger partial charge is 0.493 e. The second kappa shape index (κ2) is 10.2. The second-order valence-corrected chi connectivity index (χ2v) is 10.0. The molecule has 1 atom stereocenters. The lowest BCUT2D eigenvalue weighted by Crippen LogP contribution is -2.21. The van der Waals surface area contributed by atoms with Crippen molar-refractivity contribution in [3.63, 3.8) is 0 Å². The molecule has 0 bridgehead atoms. The molecule has 0 saturated heterocycles. The smallest absolute Gasteiger partial charge is 0.411 e. The van der Waals surface area contributed by atoms with E-state index in [9.17, 15) is 10.1 Å². The lowest BCUT2D eigenvalue weighted by atomic mass is 9.92. The van der Waals surface area contributed by atoms with Gasteiger partial charge in [0.1, 0.15) is 17.9 Å². The summed E-state index contributed by atoms with van der Waals surface area (Å²) in [5, 5.41) is 27.9. The Bertz CT molecular complexity index is 1480. The minimum absolute atomic E-state index is 0.0708.